The van der Waals surface area contributed by atoms with Gasteiger partial charge in [0.2, 0.25) is 15.0 Å². The zero-order valence-electron chi connectivity index (χ0n) is 18.4. The van der Waals surface area contributed by atoms with Crippen molar-refractivity contribution < 1.29 is 17.6 Å². The van der Waals surface area contributed by atoms with Crippen LogP contribution in [0.15, 0.2) is 66.0 Å². The zero-order valence-corrected chi connectivity index (χ0v) is 19.3. The third-order valence-electron chi connectivity index (χ3n) is 5.58. The van der Waals surface area contributed by atoms with Crippen molar-refractivity contribution in [1.82, 2.24) is 19.8 Å². The van der Waals surface area contributed by atoms with E-state index in [2.05, 4.69) is 10.3 Å². The Morgan fingerprint density at radius 1 is 1.15 bits per heavy atom. The number of carbonyl (C=O) groups excluding carboxylic acids is 1. The molecule has 9 heteroatoms. The van der Waals surface area contributed by atoms with E-state index in [1.165, 1.54) is 24.4 Å². The summed E-state index contributed by atoms with van der Waals surface area (Å²) in [4.78, 5) is 18.6. The minimum atomic E-state index is -3.94. The Hall–Kier alpha value is -3.20. The molecule has 1 saturated carbocycles. The van der Waals surface area contributed by atoms with Crippen molar-refractivity contribution in [1.29, 1.82) is 0 Å². The van der Waals surface area contributed by atoms with E-state index in [9.17, 15) is 17.6 Å². The number of halogens is 1. The quantitative estimate of drug-likeness (QED) is 0.516. The van der Waals surface area contributed by atoms with Crippen LogP contribution in [0.3, 0.4) is 0 Å². The molecule has 4 rings (SSSR count). The third-order valence-corrected chi connectivity index (χ3v) is 7.15. The second kappa shape index (κ2) is 9.74. The largest absolute Gasteiger partial charge is 0.338 e. The highest BCUT2D eigenvalue weighted by Gasteiger charge is 2.34. The third kappa shape index (κ3) is 5.42. The number of nitrogens with one attached hydrogen (secondary N) is 1. The number of aromatic nitrogens is 2. The molecule has 0 spiro atoms. The molecule has 2 aromatic carbocycles. The first-order valence-corrected chi connectivity index (χ1v) is 12.6. The molecule has 7 nitrogen and oxygen atoms in total. The molecule has 0 bridgehead atoms. The Morgan fingerprint density at radius 2 is 1.85 bits per heavy atom. The number of urea groups is 1. The number of imidazole rings is 1. The second-order valence-electron chi connectivity index (χ2n) is 8.15. The van der Waals surface area contributed by atoms with Crippen LogP contribution in [-0.4, -0.2) is 41.5 Å². The fourth-order valence-corrected chi connectivity index (χ4v) is 5.27. The number of rotatable bonds is 9. The van der Waals surface area contributed by atoms with E-state index in [0.29, 0.717) is 12.2 Å². The lowest BCUT2D eigenvalue weighted by Gasteiger charge is -2.23. The molecule has 0 aliphatic heterocycles. The van der Waals surface area contributed by atoms with Crippen LogP contribution in [0.2, 0.25) is 0 Å². The van der Waals surface area contributed by atoms with E-state index in [-0.39, 0.29) is 35.9 Å². The van der Waals surface area contributed by atoms with Gasteiger partial charge in [-0.05, 0) is 31.4 Å². The monoisotopic (exact) mass is 470 g/mol. The molecule has 0 unspecified atom stereocenters. The minimum Gasteiger partial charge on any atom is -0.338 e. The maximum absolute atomic E-state index is 14.2. The lowest BCUT2D eigenvalue weighted by Crippen LogP contribution is -2.41. The van der Waals surface area contributed by atoms with E-state index < -0.39 is 21.4 Å². The van der Waals surface area contributed by atoms with Crippen LogP contribution in [0.25, 0.3) is 0 Å². The van der Waals surface area contributed by atoms with Gasteiger partial charge in [0.15, 0.2) is 0 Å². The predicted molar refractivity (Wildman–Crippen MR) is 123 cm³/mol. The summed E-state index contributed by atoms with van der Waals surface area (Å²) in [7, 11) is -3.94. The molecule has 2 amide bonds. The van der Waals surface area contributed by atoms with Gasteiger partial charge in [-0.1, -0.05) is 48.5 Å². The van der Waals surface area contributed by atoms with Gasteiger partial charge in [0.05, 0.1) is 30.7 Å². The fraction of sp³-hybridized carbons (Fsp3) is 0.333. The summed E-state index contributed by atoms with van der Waals surface area (Å²) in [5.41, 5.74) is 1.61. The topological polar surface area (TPSA) is 84.3 Å². The second-order valence-corrected chi connectivity index (χ2v) is 10.0. The normalized spacial score (nSPS) is 13.6. The molecule has 1 heterocycles. The smallest absolute Gasteiger partial charge is 0.317 e. The fourth-order valence-electron chi connectivity index (χ4n) is 3.77. The summed E-state index contributed by atoms with van der Waals surface area (Å²) >= 11 is 0. The molecule has 1 aromatic heterocycles. The average Bonchev–Trinajstić information content (AvgIpc) is 3.55. The van der Waals surface area contributed by atoms with E-state index in [1.807, 2.05) is 37.3 Å². The van der Waals surface area contributed by atoms with Crippen LogP contribution in [0, 0.1) is 5.82 Å². The number of hydrogen-bond donors (Lipinski definition) is 1. The number of hydrogen-bond acceptors (Lipinski definition) is 4. The molecule has 0 atom stereocenters. The Morgan fingerprint density at radius 3 is 2.52 bits per heavy atom. The SMILES string of the molecule is CCNC(=O)N(Cc1cnc(S(=O)(=O)Cc2ccccc2F)n1Cc1ccccc1)C1CC1. The zero-order chi connectivity index (χ0) is 23.4. The number of nitrogens with zero attached hydrogens (tertiary/aromatic N) is 3. The molecule has 1 N–H and O–H groups in total. The molecule has 1 aliphatic carbocycles. The van der Waals surface area contributed by atoms with Crippen molar-refractivity contribution in [3.63, 3.8) is 0 Å². The summed E-state index contributed by atoms with van der Waals surface area (Å²) in [6.07, 6.45) is 3.34. The van der Waals surface area contributed by atoms with Crippen LogP contribution in [0.5, 0.6) is 0 Å². The summed E-state index contributed by atoms with van der Waals surface area (Å²) in [6, 6.07) is 15.2. The van der Waals surface area contributed by atoms with Gasteiger partial charge in [0.25, 0.3) is 0 Å². The standard InChI is InChI=1S/C24H27FN4O3S/c1-2-26-23(30)28(20-12-13-20)16-21-14-27-24(29(21)15-18-8-4-3-5-9-18)33(31,32)17-19-10-6-7-11-22(19)25/h3-11,14,20H,2,12-13,15-17H2,1H3,(H,26,30). The minimum absolute atomic E-state index is 0.0928. The molecular weight excluding hydrogens is 443 g/mol. The number of carbonyl (C=O) groups is 1. The molecule has 0 radical (unpaired) electrons. The van der Waals surface area contributed by atoms with Gasteiger partial charge in [-0.2, -0.15) is 0 Å². The van der Waals surface area contributed by atoms with Crippen LogP contribution >= 0.6 is 0 Å². The van der Waals surface area contributed by atoms with Gasteiger partial charge in [-0.3, -0.25) is 0 Å². The Kier molecular flexibility index (Phi) is 6.78. The van der Waals surface area contributed by atoms with Gasteiger partial charge in [-0.25, -0.2) is 22.6 Å². The van der Waals surface area contributed by atoms with Gasteiger partial charge >= 0.3 is 6.03 Å². The lowest BCUT2D eigenvalue weighted by atomic mass is 10.2. The van der Waals surface area contributed by atoms with Crippen LogP contribution in [0.1, 0.15) is 36.6 Å². The number of benzene rings is 2. The maximum atomic E-state index is 14.2. The van der Waals surface area contributed by atoms with E-state index in [1.54, 1.807) is 15.5 Å². The molecule has 174 valence electrons. The molecule has 1 fully saturated rings. The number of sulfone groups is 1. The van der Waals surface area contributed by atoms with Crippen molar-refractivity contribution >= 4 is 15.9 Å². The first kappa shape index (κ1) is 23.0. The predicted octanol–water partition coefficient (Wildman–Crippen LogP) is 3.74. The summed E-state index contributed by atoms with van der Waals surface area (Å²) in [5, 5.41) is 2.70. The summed E-state index contributed by atoms with van der Waals surface area (Å²) < 4.78 is 42.4. The van der Waals surface area contributed by atoms with Crippen LogP contribution in [0.4, 0.5) is 9.18 Å². The average molecular weight is 471 g/mol. The molecule has 0 saturated heterocycles. The first-order chi connectivity index (χ1) is 15.9. The van der Waals surface area contributed by atoms with Gasteiger partial charge in [0.1, 0.15) is 5.82 Å². The van der Waals surface area contributed by atoms with Crippen molar-refractivity contribution in [2.75, 3.05) is 6.54 Å². The van der Waals surface area contributed by atoms with E-state index in [0.717, 1.165) is 18.4 Å². The van der Waals surface area contributed by atoms with Gasteiger partial charge < -0.3 is 14.8 Å². The van der Waals surface area contributed by atoms with Gasteiger partial charge in [-0.15, -0.1) is 0 Å². The van der Waals surface area contributed by atoms with Crippen molar-refractivity contribution in [2.24, 2.45) is 0 Å². The molecule has 3 aromatic rings. The summed E-state index contributed by atoms with van der Waals surface area (Å²) in [5.74, 6) is -1.06. The van der Waals surface area contributed by atoms with Crippen molar-refractivity contribution in [3.05, 3.63) is 83.4 Å². The Labute approximate surface area is 193 Å². The van der Waals surface area contributed by atoms with E-state index >= 15 is 0 Å². The van der Waals surface area contributed by atoms with Gasteiger partial charge in [0, 0.05) is 18.2 Å². The molecule has 1 aliphatic rings. The van der Waals surface area contributed by atoms with Crippen LogP contribution in [-0.2, 0) is 28.7 Å². The van der Waals surface area contributed by atoms with Crippen LogP contribution < -0.4 is 5.32 Å². The lowest BCUT2D eigenvalue weighted by molar-refractivity contribution is 0.191. The Balaban J connectivity index is 1.70. The highest BCUT2D eigenvalue weighted by molar-refractivity contribution is 7.90. The van der Waals surface area contributed by atoms with Crippen molar-refractivity contribution in [3.8, 4) is 0 Å². The first-order valence-electron chi connectivity index (χ1n) is 11.0. The highest BCUT2D eigenvalue weighted by Crippen LogP contribution is 2.29. The van der Waals surface area contributed by atoms with Crippen molar-refractivity contribution in [2.45, 2.75) is 49.8 Å². The maximum Gasteiger partial charge on any atom is 0.317 e. The molecule has 33 heavy (non-hydrogen) atoms. The van der Waals surface area contributed by atoms with E-state index in [4.69, 9.17) is 0 Å². The Bertz CT molecular complexity index is 1220. The summed E-state index contributed by atoms with van der Waals surface area (Å²) in [6.45, 7) is 2.88. The molecular formula is C24H27FN4O3S. The highest BCUT2D eigenvalue weighted by atomic mass is 32.2. The number of amides is 2.